The number of para-hydroxylation sites is 1. The van der Waals surface area contributed by atoms with Crippen LogP contribution in [0, 0.1) is 12.8 Å². The molecule has 3 aromatic carbocycles. The molecule has 2 aliphatic heterocycles. The van der Waals surface area contributed by atoms with Crippen LogP contribution in [0.1, 0.15) is 17.2 Å². The van der Waals surface area contributed by atoms with Gasteiger partial charge in [-0.25, -0.2) is 9.96 Å². The maximum Gasteiger partial charge on any atom is 0.266 e. The summed E-state index contributed by atoms with van der Waals surface area (Å²) in [4.78, 5) is 36.7. The van der Waals surface area contributed by atoms with E-state index in [0.717, 1.165) is 16.9 Å². The van der Waals surface area contributed by atoms with Gasteiger partial charge in [0.15, 0.2) is 6.10 Å². The van der Waals surface area contributed by atoms with Gasteiger partial charge in [-0.3, -0.25) is 14.4 Å². The van der Waals surface area contributed by atoms with Crippen molar-refractivity contribution < 1.29 is 14.4 Å². The number of hydrogen-bond acceptors (Lipinski definition) is 5. The van der Waals surface area contributed by atoms with Crippen LogP contribution in [0.2, 0.25) is 5.02 Å². The third-order valence-corrected chi connectivity index (χ3v) is 6.77. The second-order valence-corrected chi connectivity index (χ2v) is 8.95. The number of benzene rings is 3. The van der Waals surface area contributed by atoms with Crippen molar-refractivity contribution in [2.75, 3.05) is 29.0 Å². The van der Waals surface area contributed by atoms with Crippen molar-refractivity contribution >= 4 is 40.5 Å². The molecule has 0 radical (unpaired) electrons. The van der Waals surface area contributed by atoms with Crippen molar-refractivity contribution in [1.29, 1.82) is 0 Å². The zero-order valence-electron chi connectivity index (χ0n) is 18.6. The van der Waals surface area contributed by atoms with Gasteiger partial charge in [0.25, 0.3) is 5.91 Å². The Balaban J connectivity index is 1.59. The number of nitrogens with zero attached hydrogens (tertiary/aromatic N) is 3. The van der Waals surface area contributed by atoms with Crippen LogP contribution in [0.5, 0.6) is 0 Å². The molecule has 0 spiro atoms. The number of carbonyl (C=O) groups is 2. The van der Waals surface area contributed by atoms with Crippen molar-refractivity contribution in [1.82, 2.24) is 0 Å². The number of halogens is 1. The summed E-state index contributed by atoms with van der Waals surface area (Å²) in [5, 5.41) is 2.21. The minimum absolute atomic E-state index is 0.282. The van der Waals surface area contributed by atoms with Crippen LogP contribution in [0.25, 0.3) is 0 Å². The fraction of sp³-hybridized carbons (Fsp3) is 0.231. The first-order valence-electron chi connectivity index (χ1n) is 10.8. The van der Waals surface area contributed by atoms with E-state index in [1.54, 1.807) is 30.2 Å². The first kappa shape index (κ1) is 21.5. The van der Waals surface area contributed by atoms with Crippen molar-refractivity contribution in [3.05, 3.63) is 88.9 Å². The minimum Gasteiger partial charge on any atom is -0.378 e. The van der Waals surface area contributed by atoms with Crippen molar-refractivity contribution in [3.63, 3.8) is 0 Å². The van der Waals surface area contributed by atoms with Gasteiger partial charge in [0.05, 0.1) is 17.4 Å². The summed E-state index contributed by atoms with van der Waals surface area (Å²) in [5.41, 5.74) is 3.93. The van der Waals surface area contributed by atoms with E-state index in [1.165, 1.54) is 4.90 Å². The van der Waals surface area contributed by atoms with Gasteiger partial charge in [-0.15, -0.1) is 0 Å². The van der Waals surface area contributed by atoms with E-state index in [2.05, 4.69) is 0 Å². The fourth-order valence-corrected chi connectivity index (χ4v) is 4.77. The van der Waals surface area contributed by atoms with Gasteiger partial charge in [-0.05, 0) is 54.4 Å². The van der Waals surface area contributed by atoms with E-state index in [1.807, 2.05) is 73.6 Å². The first-order valence-corrected chi connectivity index (χ1v) is 11.2. The Morgan fingerprint density at radius 3 is 2.24 bits per heavy atom. The molecule has 0 aromatic heterocycles. The Morgan fingerprint density at radius 2 is 1.58 bits per heavy atom. The molecule has 2 heterocycles. The van der Waals surface area contributed by atoms with E-state index in [4.69, 9.17) is 16.4 Å². The fourth-order valence-electron chi connectivity index (χ4n) is 4.60. The number of rotatable bonds is 4. The summed E-state index contributed by atoms with van der Waals surface area (Å²) in [6, 6.07) is 22.3. The number of hydroxylamine groups is 1. The highest BCUT2D eigenvalue weighted by molar-refractivity contribution is 6.32. The molecule has 168 valence electrons. The van der Waals surface area contributed by atoms with E-state index in [0.29, 0.717) is 16.3 Å². The van der Waals surface area contributed by atoms with E-state index in [9.17, 15) is 9.59 Å². The van der Waals surface area contributed by atoms with Gasteiger partial charge >= 0.3 is 0 Å². The predicted octanol–water partition coefficient (Wildman–Crippen LogP) is 4.77. The van der Waals surface area contributed by atoms with Gasteiger partial charge in [-0.1, -0.05) is 48.0 Å². The predicted molar refractivity (Wildman–Crippen MR) is 129 cm³/mol. The second kappa shape index (κ2) is 8.21. The van der Waals surface area contributed by atoms with Crippen LogP contribution in [-0.4, -0.2) is 32.0 Å². The number of fused-ring (bicyclic) bond motifs is 1. The van der Waals surface area contributed by atoms with Crippen LogP contribution >= 0.6 is 11.6 Å². The van der Waals surface area contributed by atoms with Crippen LogP contribution in [0.3, 0.4) is 0 Å². The van der Waals surface area contributed by atoms with Crippen LogP contribution in [-0.2, 0) is 14.4 Å². The number of hydrogen-bond donors (Lipinski definition) is 0. The number of anilines is 3. The Morgan fingerprint density at radius 1 is 0.879 bits per heavy atom. The molecule has 33 heavy (non-hydrogen) atoms. The maximum atomic E-state index is 13.7. The highest BCUT2D eigenvalue weighted by atomic mass is 35.5. The molecule has 0 saturated carbocycles. The monoisotopic (exact) mass is 461 g/mol. The lowest BCUT2D eigenvalue weighted by Crippen LogP contribution is -2.37. The summed E-state index contributed by atoms with van der Waals surface area (Å²) >= 11 is 6.28. The Hall–Kier alpha value is -3.35. The standard InChI is InChI=1S/C26H24ClN3O3/c1-16-20(27)10-7-11-21(16)29-25(31)22-23(17-12-14-18(15-13-17)28(2)3)30(33-24(22)26(29)32)19-8-5-4-6-9-19/h4-15,22-24H,1-3H3/t22-,23+,24-/m1/s1. The first-order chi connectivity index (χ1) is 15.9. The number of imide groups is 1. The molecule has 2 fully saturated rings. The highest BCUT2D eigenvalue weighted by Crippen LogP contribution is 2.48. The molecule has 0 N–H and O–H groups in total. The second-order valence-electron chi connectivity index (χ2n) is 8.54. The number of carbonyl (C=O) groups excluding carboxylic acids is 2. The molecule has 6 nitrogen and oxygen atoms in total. The van der Waals surface area contributed by atoms with E-state index < -0.39 is 18.1 Å². The summed E-state index contributed by atoms with van der Waals surface area (Å²) in [7, 11) is 3.95. The van der Waals surface area contributed by atoms with Crippen LogP contribution in [0.4, 0.5) is 17.1 Å². The average molecular weight is 462 g/mol. The molecule has 2 amide bonds. The third-order valence-electron chi connectivity index (χ3n) is 6.36. The summed E-state index contributed by atoms with van der Waals surface area (Å²) in [6.45, 7) is 1.81. The minimum atomic E-state index is -0.908. The summed E-state index contributed by atoms with van der Waals surface area (Å²) < 4.78 is 0. The topological polar surface area (TPSA) is 53.1 Å². The Labute approximate surface area is 197 Å². The smallest absolute Gasteiger partial charge is 0.266 e. The lowest BCUT2D eigenvalue weighted by molar-refractivity contribution is -0.126. The third kappa shape index (κ3) is 3.46. The van der Waals surface area contributed by atoms with Gasteiger partial charge in [0.2, 0.25) is 5.91 Å². The molecule has 2 aliphatic rings. The molecule has 2 saturated heterocycles. The van der Waals surface area contributed by atoms with E-state index >= 15 is 0 Å². The molecule has 3 atom stereocenters. The largest absolute Gasteiger partial charge is 0.378 e. The molecule has 0 bridgehead atoms. The zero-order valence-corrected chi connectivity index (χ0v) is 19.4. The Kier molecular flexibility index (Phi) is 5.35. The van der Waals surface area contributed by atoms with Gasteiger partial charge < -0.3 is 4.90 Å². The van der Waals surface area contributed by atoms with Crippen molar-refractivity contribution in [2.45, 2.75) is 19.1 Å². The van der Waals surface area contributed by atoms with E-state index in [-0.39, 0.29) is 11.8 Å². The average Bonchev–Trinajstić information content (AvgIpc) is 3.33. The SMILES string of the molecule is Cc1c(Cl)cccc1N1C(=O)[C@H]2[C@@H](ON(c3ccccc3)[C@H]2c2ccc(N(C)C)cc2)C1=O. The van der Waals surface area contributed by atoms with Crippen LogP contribution < -0.4 is 14.9 Å². The Bertz CT molecular complexity index is 1210. The molecule has 0 aliphatic carbocycles. The van der Waals surface area contributed by atoms with Crippen molar-refractivity contribution in [2.24, 2.45) is 5.92 Å². The molecule has 5 rings (SSSR count). The van der Waals surface area contributed by atoms with Gasteiger partial charge in [-0.2, -0.15) is 0 Å². The van der Waals surface area contributed by atoms with Gasteiger partial charge in [0.1, 0.15) is 5.92 Å². The van der Waals surface area contributed by atoms with Crippen LogP contribution in [0.15, 0.2) is 72.8 Å². The molecule has 0 unspecified atom stereocenters. The van der Waals surface area contributed by atoms with Crippen molar-refractivity contribution in [3.8, 4) is 0 Å². The lowest BCUT2D eigenvalue weighted by atomic mass is 9.90. The summed E-state index contributed by atoms with van der Waals surface area (Å²) in [6.07, 6.45) is -0.908. The quantitative estimate of drug-likeness (QED) is 0.524. The lowest BCUT2D eigenvalue weighted by Gasteiger charge is -2.29. The summed E-state index contributed by atoms with van der Waals surface area (Å²) in [5.74, 6) is -1.33. The number of amides is 2. The molecular weight excluding hydrogens is 438 g/mol. The highest BCUT2D eigenvalue weighted by Gasteiger charge is 2.60. The molecule has 3 aromatic rings. The normalized spacial score (nSPS) is 22.1. The zero-order chi connectivity index (χ0) is 23.3. The molecular formula is C26H24ClN3O3. The maximum absolute atomic E-state index is 13.7. The molecule has 7 heteroatoms. The van der Waals surface area contributed by atoms with Gasteiger partial charge in [0, 0.05) is 24.8 Å².